The summed E-state index contributed by atoms with van der Waals surface area (Å²) in [5, 5.41) is 12.4. The summed E-state index contributed by atoms with van der Waals surface area (Å²) in [6.07, 6.45) is 3.80. The van der Waals surface area contributed by atoms with Crippen LogP contribution in [0.5, 0.6) is 0 Å². The summed E-state index contributed by atoms with van der Waals surface area (Å²) in [5.74, 6) is 0.743. The molecular formula is C18H23N3O. The zero-order valence-corrected chi connectivity index (χ0v) is 12.9. The number of piperidine rings is 2. The highest BCUT2D eigenvalue weighted by atomic mass is 16.2. The van der Waals surface area contributed by atoms with E-state index in [2.05, 4.69) is 17.5 Å². The van der Waals surface area contributed by atoms with Gasteiger partial charge < -0.3 is 10.2 Å². The maximum atomic E-state index is 12.9. The summed E-state index contributed by atoms with van der Waals surface area (Å²) in [6, 6.07) is 10.4. The topological polar surface area (TPSA) is 56.1 Å². The molecule has 0 aromatic heterocycles. The molecule has 0 bridgehead atoms. The van der Waals surface area contributed by atoms with E-state index in [9.17, 15) is 4.79 Å². The number of likely N-dealkylation sites (tertiary alicyclic amines) is 1. The normalized spacial score (nSPS) is 20.6. The molecule has 4 heteroatoms. The van der Waals surface area contributed by atoms with Crippen LogP contribution in [0.15, 0.2) is 24.3 Å². The summed E-state index contributed by atoms with van der Waals surface area (Å²) in [5.41, 5.74) is 2.07. The van der Waals surface area contributed by atoms with E-state index in [1.165, 1.54) is 5.56 Å². The Hall–Kier alpha value is -1.86. The summed E-state index contributed by atoms with van der Waals surface area (Å²) < 4.78 is 0. The number of nitriles is 1. The molecular weight excluding hydrogens is 274 g/mol. The van der Waals surface area contributed by atoms with Gasteiger partial charge in [0.2, 0.25) is 0 Å². The van der Waals surface area contributed by atoms with E-state index in [1.54, 1.807) is 0 Å². The predicted molar refractivity (Wildman–Crippen MR) is 85.5 cm³/mol. The number of hydrogen-bond acceptors (Lipinski definition) is 3. The van der Waals surface area contributed by atoms with Crippen molar-refractivity contribution in [1.82, 2.24) is 10.2 Å². The molecule has 1 aromatic carbocycles. The van der Waals surface area contributed by atoms with Gasteiger partial charge in [-0.2, -0.15) is 5.26 Å². The van der Waals surface area contributed by atoms with Crippen molar-refractivity contribution in [3.63, 3.8) is 0 Å². The first kappa shape index (κ1) is 15.1. The number of carbonyl (C=O) groups excluding carboxylic acids is 1. The summed E-state index contributed by atoms with van der Waals surface area (Å²) in [4.78, 5) is 14.8. The smallest absolute Gasteiger partial charge is 0.254 e. The number of nitrogens with one attached hydrogen (secondary N) is 1. The standard InChI is InChI=1S/C18H23N3O/c19-13-14-7-11-21(12-8-14)18(22)17-4-2-1-3-16(17)15-5-9-20-10-6-15/h1-4,14-15,20H,5-12H2. The molecule has 2 aliphatic heterocycles. The van der Waals surface area contributed by atoms with Gasteiger partial charge in [-0.15, -0.1) is 0 Å². The molecule has 2 saturated heterocycles. The third kappa shape index (κ3) is 3.15. The van der Waals surface area contributed by atoms with E-state index in [-0.39, 0.29) is 11.8 Å². The fourth-order valence-corrected chi connectivity index (χ4v) is 3.56. The number of benzene rings is 1. The molecule has 3 rings (SSSR count). The van der Waals surface area contributed by atoms with Crippen LogP contribution in [-0.2, 0) is 0 Å². The third-order valence-corrected chi connectivity index (χ3v) is 4.93. The number of carbonyl (C=O) groups is 1. The van der Waals surface area contributed by atoms with Crippen molar-refractivity contribution in [3.8, 4) is 6.07 Å². The minimum absolute atomic E-state index is 0.115. The predicted octanol–water partition coefficient (Wildman–Crippen LogP) is 2.53. The third-order valence-electron chi connectivity index (χ3n) is 4.93. The molecule has 0 unspecified atom stereocenters. The van der Waals surface area contributed by atoms with Crippen molar-refractivity contribution in [2.45, 2.75) is 31.6 Å². The first-order valence-corrected chi connectivity index (χ1v) is 8.28. The average Bonchev–Trinajstić information content (AvgIpc) is 2.62. The Morgan fingerprint density at radius 1 is 1.14 bits per heavy atom. The van der Waals surface area contributed by atoms with Gasteiger partial charge in [-0.05, 0) is 56.3 Å². The lowest BCUT2D eigenvalue weighted by molar-refractivity contribution is 0.0705. The Balaban J connectivity index is 1.76. The zero-order valence-electron chi connectivity index (χ0n) is 12.9. The van der Waals surface area contributed by atoms with Crippen molar-refractivity contribution < 1.29 is 4.79 Å². The second-order valence-corrected chi connectivity index (χ2v) is 6.31. The molecule has 1 aromatic rings. The van der Waals surface area contributed by atoms with E-state index in [0.29, 0.717) is 19.0 Å². The Kier molecular flexibility index (Phi) is 4.74. The first-order valence-electron chi connectivity index (χ1n) is 8.28. The fraction of sp³-hybridized carbons (Fsp3) is 0.556. The van der Waals surface area contributed by atoms with Crippen LogP contribution >= 0.6 is 0 Å². The SMILES string of the molecule is N#CC1CCN(C(=O)c2ccccc2C2CCNCC2)CC1. The van der Waals surface area contributed by atoms with E-state index in [1.807, 2.05) is 23.1 Å². The lowest BCUT2D eigenvalue weighted by atomic mass is 9.86. The highest BCUT2D eigenvalue weighted by Gasteiger charge is 2.27. The number of rotatable bonds is 2. The molecule has 22 heavy (non-hydrogen) atoms. The van der Waals surface area contributed by atoms with Crippen molar-refractivity contribution in [2.24, 2.45) is 5.92 Å². The van der Waals surface area contributed by atoms with Gasteiger partial charge >= 0.3 is 0 Å². The second-order valence-electron chi connectivity index (χ2n) is 6.31. The molecule has 2 heterocycles. The van der Waals surface area contributed by atoms with Crippen LogP contribution in [0.2, 0.25) is 0 Å². The average molecular weight is 297 g/mol. The Morgan fingerprint density at radius 3 is 2.50 bits per heavy atom. The van der Waals surface area contributed by atoms with Crippen LogP contribution in [0.1, 0.15) is 47.5 Å². The molecule has 2 aliphatic rings. The quantitative estimate of drug-likeness (QED) is 0.912. The molecule has 0 saturated carbocycles. The van der Waals surface area contributed by atoms with Gasteiger partial charge in [0.25, 0.3) is 5.91 Å². The monoisotopic (exact) mass is 297 g/mol. The molecule has 0 atom stereocenters. The second kappa shape index (κ2) is 6.93. The lowest BCUT2D eigenvalue weighted by Gasteiger charge is -2.31. The minimum Gasteiger partial charge on any atom is -0.339 e. The molecule has 0 spiro atoms. The van der Waals surface area contributed by atoms with Gasteiger partial charge in [-0.3, -0.25) is 4.79 Å². The van der Waals surface area contributed by atoms with Crippen molar-refractivity contribution in [2.75, 3.05) is 26.2 Å². The number of amides is 1. The van der Waals surface area contributed by atoms with Gasteiger partial charge in [-0.25, -0.2) is 0 Å². The Morgan fingerprint density at radius 2 is 1.82 bits per heavy atom. The number of nitrogens with zero attached hydrogens (tertiary/aromatic N) is 2. The van der Waals surface area contributed by atoms with Gasteiger partial charge in [0.05, 0.1) is 6.07 Å². The molecule has 0 radical (unpaired) electrons. The van der Waals surface area contributed by atoms with E-state index in [4.69, 9.17) is 5.26 Å². The lowest BCUT2D eigenvalue weighted by Crippen LogP contribution is -2.39. The number of hydrogen-bond donors (Lipinski definition) is 1. The fourth-order valence-electron chi connectivity index (χ4n) is 3.56. The Bertz CT molecular complexity index is 564. The van der Waals surface area contributed by atoms with Gasteiger partial charge in [0.15, 0.2) is 0 Å². The van der Waals surface area contributed by atoms with Crippen molar-refractivity contribution in [1.29, 1.82) is 5.26 Å². The van der Waals surface area contributed by atoms with Crippen LogP contribution in [0.25, 0.3) is 0 Å². The highest BCUT2D eigenvalue weighted by molar-refractivity contribution is 5.96. The maximum absolute atomic E-state index is 12.9. The van der Waals surface area contributed by atoms with Crippen LogP contribution in [0.3, 0.4) is 0 Å². The van der Waals surface area contributed by atoms with E-state index < -0.39 is 0 Å². The van der Waals surface area contributed by atoms with Gasteiger partial charge in [0, 0.05) is 24.6 Å². The van der Waals surface area contributed by atoms with Crippen LogP contribution in [0.4, 0.5) is 0 Å². The van der Waals surface area contributed by atoms with Gasteiger partial charge in [0.1, 0.15) is 0 Å². The summed E-state index contributed by atoms with van der Waals surface area (Å²) >= 11 is 0. The van der Waals surface area contributed by atoms with Gasteiger partial charge in [-0.1, -0.05) is 18.2 Å². The van der Waals surface area contributed by atoms with Crippen molar-refractivity contribution in [3.05, 3.63) is 35.4 Å². The van der Waals surface area contributed by atoms with Crippen LogP contribution in [0, 0.1) is 17.2 Å². The van der Waals surface area contributed by atoms with Crippen molar-refractivity contribution >= 4 is 5.91 Å². The minimum atomic E-state index is 0.115. The molecule has 1 N–H and O–H groups in total. The maximum Gasteiger partial charge on any atom is 0.254 e. The molecule has 116 valence electrons. The molecule has 2 fully saturated rings. The molecule has 4 nitrogen and oxygen atoms in total. The molecule has 1 amide bonds. The largest absolute Gasteiger partial charge is 0.339 e. The first-order chi connectivity index (χ1) is 10.8. The van der Waals surface area contributed by atoms with Crippen LogP contribution in [-0.4, -0.2) is 37.0 Å². The Labute approximate surface area is 132 Å². The highest BCUT2D eigenvalue weighted by Crippen LogP contribution is 2.29. The van der Waals surface area contributed by atoms with E-state index >= 15 is 0 Å². The molecule has 0 aliphatic carbocycles. The van der Waals surface area contributed by atoms with Crippen LogP contribution < -0.4 is 5.32 Å². The zero-order chi connectivity index (χ0) is 15.4. The summed E-state index contributed by atoms with van der Waals surface area (Å²) in [7, 11) is 0. The van der Waals surface area contributed by atoms with E-state index in [0.717, 1.165) is 44.3 Å². The summed E-state index contributed by atoms with van der Waals surface area (Å²) in [6.45, 7) is 3.47.